The maximum Gasteiger partial charge on any atom is 0.252 e. The van der Waals surface area contributed by atoms with E-state index in [1.807, 2.05) is 0 Å². The second-order valence-corrected chi connectivity index (χ2v) is 7.65. The fraction of sp³-hybridized carbons (Fsp3) is 0.389. The molecular weight excluding hydrogens is 410 g/mol. The van der Waals surface area contributed by atoms with Gasteiger partial charge in [-0.2, -0.15) is 5.26 Å². The molecule has 0 spiro atoms. The minimum Gasteiger partial charge on any atom is -0.387 e. The smallest absolute Gasteiger partial charge is 0.252 e. The van der Waals surface area contributed by atoms with Crippen LogP contribution in [-0.2, 0) is 9.53 Å². The third-order valence-corrected chi connectivity index (χ3v) is 5.70. The van der Waals surface area contributed by atoms with Crippen LogP contribution in [0.25, 0.3) is 21.9 Å². The lowest BCUT2D eigenvalue weighted by Gasteiger charge is -2.16. The molecule has 0 saturated carbocycles. The van der Waals surface area contributed by atoms with Crippen LogP contribution in [0.1, 0.15) is 18.0 Å². The molecule has 1 amide bonds. The number of aliphatic hydroxyl groups is 2. The molecule has 4 atom stereocenters. The number of likely N-dealkylation sites (N-methyl/N-ethyl adjacent to an activating group) is 1. The van der Waals surface area contributed by atoms with Gasteiger partial charge in [0.15, 0.2) is 35.1 Å². The number of anilines is 1. The molecule has 0 unspecified atom stereocenters. The number of hydrogen-bond acceptors (Lipinski definition) is 10. The van der Waals surface area contributed by atoms with Crippen LogP contribution in [-0.4, -0.2) is 67.5 Å². The molecule has 4 heterocycles. The first kappa shape index (κ1) is 20.2. The molecule has 156 valence electrons. The Labute approximate surface area is 175 Å². The number of carbonyl (C=O) groups is 1. The number of hydrogen-bond donors (Lipinski definition) is 4. The van der Waals surface area contributed by atoms with Crippen LogP contribution < -0.4 is 10.6 Å². The molecule has 1 aliphatic rings. The van der Waals surface area contributed by atoms with E-state index in [4.69, 9.17) is 10.00 Å². The summed E-state index contributed by atoms with van der Waals surface area (Å²) in [7, 11) is 1.69. The molecule has 0 aliphatic carbocycles. The molecule has 0 radical (unpaired) electrons. The maximum absolute atomic E-state index is 12.2. The molecule has 0 aromatic carbocycles. The number of nitrogens with zero attached hydrogens (tertiary/aromatic N) is 5. The zero-order chi connectivity index (χ0) is 21.4. The molecule has 0 bridgehead atoms. The summed E-state index contributed by atoms with van der Waals surface area (Å²) in [6, 6.07) is 5.51. The fourth-order valence-corrected chi connectivity index (χ4v) is 4.02. The van der Waals surface area contributed by atoms with Crippen molar-refractivity contribution >= 4 is 34.2 Å². The summed E-state index contributed by atoms with van der Waals surface area (Å²) in [5.74, 6) is 0.312. The van der Waals surface area contributed by atoms with Gasteiger partial charge in [0, 0.05) is 13.6 Å². The lowest BCUT2D eigenvalue weighted by molar-refractivity contribution is -0.137. The van der Waals surface area contributed by atoms with Crippen molar-refractivity contribution in [2.45, 2.75) is 31.5 Å². The van der Waals surface area contributed by atoms with Gasteiger partial charge in [-0.15, -0.1) is 11.3 Å². The normalized spacial score (nSPS) is 23.4. The highest BCUT2D eigenvalue weighted by molar-refractivity contribution is 7.15. The molecule has 12 heteroatoms. The summed E-state index contributed by atoms with van der Waals surface area (Å²) in [6.07, 6.45) is -3.64. The lowest BCUT2D eigenvalue weighted by Crippen LogP contribution is -2.42. The summed E-state index contributed by atoms with van der Waals surface area (Å²) in [4.78, 5) is 26.7. The molecule has 30 heavy (non-hydrogen) atoms. The lowest BCUT2D eigenvalue weighted by atomic mass is 10.1. The van der Waals surface area contributed by atoms with E-state index in [0.717, 1.165) is 0 Å². The Morgan fingerprint density at radius 2 is 2.17 bits per heavy atom. The van der Waals surface area contributed by atoms with Crippen LogP contribution in [0.2, 0.25) is 0 Å². The van der Waals surface area contributed by atoms with Crippen molar-refractivity contribution in [3.63, 3.8) is 0 Å². The number of nitrogens with one attached hydrogen (secondary N) is 2. The SMILES string of the molecule is CCNC(=O)[C@H]1O[C@@H](n2cnc3c(NC)nc(-c4ccc(C#N)s4)nc32)[C@H](O)[C@@H]1O. The van der Waals surface area contributed by atoms with Gasteiger partial charge in [0.05, 0.1) is 11.2 Å². The number of amides is 1. The van der Waals surface area contributed by atoms with Gasteiger partial charge in [-0.1, -0.05) is 0 Å². The highest BCUT2D eigenvalue weighted by atomic mass is 32.1. The Kier molecular flexibility index (Phi) is 5.35. The van der Waals surface area contributed by atoms with Gasteiger partial charge < -0.3 is 25.6 Å². The van der Waals surface area contributed by atoms with Gasteiger partial charge in [0.1, 0.15) is 23.2 Å². The predicted molar refractivity (Wildman–Crippen MR) is 108 cm³/mol. The minimum atomic E-state index is -1.40. The van der Waals surface area contributed by atoms with Gasteiger partial charge in [-0.05, 0) is 19.1 Å². The van der Waals surface area contributed by atoms with E-state index in [9.17, 15) is 15.0 Å². The Bertz CT molecular complexity index is 1140. The van der Waals surface area contributed by atoms with Crippen LogP contribution in [0.4, 0.5) is 5.82 Å². The van der Waals surface area contributed by atoms with Gasteiger partial charge in [0.2, 0.25) is 0 Å². The van der Waals surface area contributed by atoms with Crippen molar-refractivity contribution in [1.29, 1.82) is 5.26 Å². The Balaban J connectivity index is 1.77. The van der Waals surface area contributed by atoms with Crippen molar-refractivity contribution < 1.29 is 19.7 Å². The van der Waals surface area contributed by atoms with E-state index in [1.165, 1.54) is 22.2 Å². The van der Waals surface area contributed by atoms with Crippen molar-refractivity contribution in [2.75, 3.05) is 18.9 Å². The summed E-state index contributed by atoms with van der Waals surface area (Å²) in [6.45, 7) is 2.12. The first-order chi connectivity index (χ1) is 14.5. The Hall–Kier alpha value is -3.11. The average Bonchev–Trinajstić information content (AvgIpc) is 3.46. The van der Waals surface area contributed by atoms with Gasteiger partial charge in [0.25, 0.3) is 5.91 Å². The second-order valence-electron chi connectivity index (χ2n) is 6.57. The maximum atomic E-state index is 12.2. The highest BCUT2D eigenvalue weighted by Crippen LogP contribution is 2.34. The van der Waals surface area contributed by atoms with E-state index in [1.54, 1.807) is 26.1 Å². The fourth-order valence-electron chi connectivity index (χ4n) is 3.29. The van der Waals surface area contributed by atoms with E-state index in [0.29, 0.717) is 39.1 Å². The number of ether oxygens (including phenoxy) is 1. The summed E-state index contributed by atoms with van der Waals surface area (Å²) in [5, 5.41) is 35.5. The number of carbonyl (C=O) groups excluding carboxylic acids is 1. The summed E-state index contributed by atoms with van der Waals surface area (Å²) >= 11 is 1.25. The minimum absolute atomic E-state index is 0.351. The van der Waals surface area contributed by atoms with Crippen molar-refractivity contribution in [2.24, 2.45) is 0 Å². The molecule has 11 nitrogen and oxygen atoms in total. The summed E-state index contributed by atoms with van der Waals surface area (Å²) < 4.78 is 7.15. The first-order valence-electron chi connectivity index (χ1n) is 9.20. The van der Waals surface area contributed by atoms with Gasteiger partial charge in [-0.3, -0.25) is 9.36 Å². The number of aliphatic hydroxyl groups excluding tert-OH is 2. The van der Waals surface area contributed by atoms with E-state index in [-0.39, 0.29) is 0 Å². The Morgan fingerprint density at radius 1 is 1.37 bits per heavy atom. The van der Waals surface area contributed by atoms with E-state index < -0.39 is 30.4 Å². The molecule has 4 N–H and O–H groups in total. The number of nitriles is 1. The Morgan fingerprint density at radius 3 is 2.83 bits per heavy atom. The van der Waals surface area contributed by atoms with Crippen molar-refractivity contribution in [1.82, 2.24) is 24.8 Å². The van der Waals surface area contributed by atoms with Crippen molar-refractivity contribution in [3.05, 3.63) is 23.3 Å². The third-order valence-electron chi connectivity index (χ3n) is 4.72. The van der Waals surface area contributed by atoms with Crippen LogP contribution in [0.5, 0.6) is 0 Å². The quantitative estimate of drug-likeness (QED) is 0.445. The second kappa shape index (κ2) is 7.96. The standard InChI is InChI=1S/C18H19N7O4S/c1-3-21-17(28)13-11(26)12(27)18(29-13)25-7-22-10-15(20-2)23-14(24-16(10)25)9-5-4-8(6-19)30-9/h4-5,7,11-13,18,26-27H,3H2,1-2H3,(H,21,28)(H,20,23,24)/t11-,12+,13-,18+/m0/s1. The molecule has 4 rings (SSSR count). The number of aromatic nitrogens is 4. The highest BCUT2D eigenvalue weighted by Gasteiger charge is 2.47. The number of thiophene rings is 1. The van der Waals surface area contributed by atoms with E-state index >= 15 is 0 Å². The van der Waals surface area contributed by atoms with Crippen LogP contribution in [0.3, 0.4) is 0 Å². The number of imidazole rings is 1. The van der Waals surface area contributed by atoms with Crippen LogP contribution in [0.15, 0.2) is 18.5 Å². The summed E-state index contributed by atoms with van der Waals surface area (Å²) in [5.41, 5.74) is 0.786. The molecule has 1 saturated heterocycles. The van der Waals surface area contributed by atoms with Gasteiger partial charge >= 0.3 is 0 Å². The zero-order valence-corrected chi connectivity index (χ0v) is 16.9. The first-order valence-corrected chi connectivity index (χ1v) is 10.0. The number of rotatable bonds is 5. The van der Waals surface area contributed by atoms with Crippen LogP contribution in [0, 0.1) is 11.3 Å². The third kappa shape index (κ3) is 3.27. The van der Waals surface area contributed by atoms with Crippen molar-refractivity contribution in [3.8, 4) is 16.8 Å². The predicted octanol–water partition coefficient (Wildman–Crippen LogP) is 0.223. The van der Waals surface area contributed by atoms with Crippen LogP contribution >= 0.6 is 11.3 Å². The molecule has 3 aromatic heterocycles. The monoisotopic (exact) mass is 429 g/mol. The van der Waals surface area contributed by atoms with E-state index in [2.05, 4.69) is 31.7 Å². The zero-order valence-electron chi connectivity index (χ0n) is 16.1. The molecule has 1 fully saturated rings. The molecule has 1 aliphatic heterocycles. The molecule has 3 aromatic rings. The number of fused-ring (bicyclic) bond motifs is 1. The topological polar surface area (TPSA) is 158 Å². The average molecular weight is 429 g/mol. The molecular formula is C18H19N7O4S. The largest absolute Gasteiger partial charge is 0.387 e. The van der Waals surface area contributed by atoms with Gasteiger partial charge in [-0.25, -0.2) is 15.0 Å².